The highest BCUT2D eigenvalue weighted by Gasteiger charge is 2.20. The van der Waals surface area contributed by atoms with Crippen LogP contribution in [0.25, 0.3) is 10.6 Å². The van der Waals surface area contributed by atoms with E-state index in [4.69, 9.17) is 9.84 Å². The maximum Gasteiger partial charge on any atom is 0.265 e. The number of benzene rings is 1. The summed E-state index contributed by atoms with van der Waals surface area (Å²) < 4.78 is 5.50. The molecular weight excluding hydrogens is 300 g/mol. The summed E-state index contributed by atoms with van der Waals surface area (Å²) in [7, 11) is 1.69. The number of rotatable bonds is 4. The molecule has 1 aromatic heterocycles. The summed E-state index contributed by atoms with van der Waals surface area (Å²) in [5, 5.41) is 9.98. The Bertz CT molecular complexity index is 698. The van der Waals surface area contributed by atoms with Gasteiger partial charge in [-0.1, -0.05) is 0 Å². The number of hydrogen-bond acceptors (Lipinski definition) is 5. The third-order valence-corrected chi connectivity index (χ3v) is 4.93. The van der Waals surface area contributed by atoms with Crippen LogP contribution in [0.5, 0.6) is 5.75 Å². The molecule has 1 aromatic carbocycles. The van der Waals surface area contributed by atoms with Crippen molar-refractivity contribution in [1.82, 2.24) is 9.88 Å². The van der Waals surface area contributed by atoms with Gasteiger partial charge in [0.25, 0.3) is 5.91 Å². The molecule has 0 spiro atoms. The van der Waals surface area contributed by atoms with Gasteiger partial charge in [-0.25, -0.2) is 4.98 Å². The molecule has 0 aliphatic carbocycles. The smallest absolute Gasteiger partial charge is 0.265 e. The molecule has 116 valence electrons. The number of aliphatic hydroxyl groups is 1. The second-order valence-electron chi connectivity index (χ2n) is 5.40. The molecule has 1 atom stereocenters. The summed E-state index contributed by atoms with van der Waals surface area (Å²) in [5.74, 6) is 0.822. The minimum absolute atomic E-state index is 0.0568. The van der Waals surface area contributed by atoms with Crippen molar-refractivity contribution in [2.75, 3.05) is 20.3 Å². The quantitative estimate of drug-likeness (QED) is 0.939. The summed E-state index contributed by atoms with van der Waals surface area (Å²) in [6.45, 7) is 2.48. The molecule has 0 bridgehead atoms. The lowest BCUT2D eigenvalue weighted by Gasteiger charge is -2.22. The van der Waals surface area contributed by atoms with Gasteiger partial charge in [0.05, 0.1) is 25.5 Å². The zero-order valence-corrected chi connectivity index (χ0v) is 13.4. The monoisotopic (exact) mass is 318 g/mol. The molecule has 1 unspecified atom stereocenters. The first kappa shape index (κ1) is 15.0. The van der Waals surface area contributed by atoms with Crippen molar-refractivity contribution in [2.45, 2.75) is 19.4 Å². The van der Waals surface area contributed by atoms with Crippen molar-refractivity contribution in [2.24, 2.45) is 0 Å². The maximum absolute atomic E-state index is 12.3. The highest BCUT2D eigenvalue weighted by atomic mass is 32.1. The first-order chi connectivity index (χ1) is 10.6. The predicted octanol–water partition coefficient (Wildman–Crippen LogP) is 2.20. The lowest BCUT2D eigenvalue weighted by molar-refractivity contribution is 0.0687. The van der Waals surface area contributed by atoms with Gasteiger partial charge in [0.1, 0.15) is 15.6 Å². The number of nitrogens with zero attached hydrogens (tertiary/aromatic N) is 2. The van der Waals surface area contributed by atoms with Crippen LogP contribution in [0.3, 0.4) is 0 Å². The van der Waals surface area contributed by atoms with E-state index in [9.17, 15) is 4.79 Å². The highest BCUT2D eigenvalue weighted by Crippen LogP contribution is 2.32. The largest absolute Gasteiger partial charge is 0.493 e. The van der Waals surface area contributed by atoms with Gasteiger partial charge in [0.2, 0.25) is 0 Å². The van der Waals surface area contributed by atoms with E-state index in [-0.39, 0.29) is 18.6 Å². The number of likely N-dealkylation sites (N-methyl/N-ethyl adjacent to an activating group) is 1. The number of carbonyl (C=O) groups excluding carboxylic acids is 1. The van der Waals surface area contributed by atoms with E-state index in [1.54, 1.807) is 20.2 Å². The first-order valence-electron chi connectivity index (χ1n) is 7.20. The summed E-state index contributed by atoms with van der Waals surface area (Å²) in [6, 6.07) is 5.79. The van der Waals surface area contributed by atoms with Crippen molar-refractivity contribution >= 4 is 17.2 Å². The zero-order chi connectivity index (χ0) is 15.7. The molecule has 0 radical (unpaired) electrons. The molecule has 1 aliphatic rings. The van der Waals surface area contributed by atoms with Crippen LogP contribution >= 0.6 is 11.3 Å². The Labute approximate surface area is 133 Å². The van der Waals surface area contributed by atoms with Crippen LogP contribution in [-0.4, -0.2) is 47.2 Å². The van der Waals surface area contributed by atoms with Crippen molar-refractivity contribution in [3.8, 4) is 16.3 Å². The average molecular weight is 318 g/mol. The van der Waals surface area contributed by atoms with Crippen LogP contribution in [-0.2, 0) is 6.42 Å². The van der Waals surface area contributed by atoms with Crippen LogP contribution in [0.4, 0.5) is 0 Å². The SMILES string of the molecule is CC(CO)N(C)C(=O)c1cnc(-c2ccc3c(c2)CCO3)s1. The van der Waals surface area contributed by atoms with E-state index in [1.165, 1.54) is 21.8 Å². The third kappa shape index (κ3) is 2.71. The zero-order valence-electron chi connectivity index (χ0n) is 12.6. The van der Waals surface area contributed by atoms with Crippen LogP contribution in [0, 0.1) is 0 Å². The predicted molar refractivity (Wildman–Crippen MR) is 85.4 cm³/mol. The summed E-state index contributed by atoms with van der Waals surface area (Å²) >= 11 is 1.37. The van der Waals surface area contributed by atoms with Crippen molar-refractivity contribution < 1.29 is 14.6 Å². The maximum atomic E-state index is 12.3. The Balaban J connectivity index is 1.83. The molecule has 22 heavy (non-hydrogen) atoms. The number of amides is 1. The lowest BCUT2D eigenvalue weighted by atomic mass is 10.1. The second kappa shape index (κ2) is 6.06. The van der Waals surface area contributed by atoms with Crippen LogP contribution in [0.2, 0.25) is 0 Å². The molecule has 0 saturated carbocycles. The molecule has 2 heterocycles. The topological polar surface area (TPSA) is 62.7 Å². The fourth-order valence-electron chi connectivity index (χ4n) is 2.32. The Morgan fingerprint density at radius 1 is 1.55 bits per heavy atom. The first-order valence-corrected chi connectivity index (χ1v) is 8.01. The van der Waals surface area contributed by atoms with Gasteiger partial charge in [-0.05, 0) is 30.7 Å². The Morgan fingerprint density at radius 2 is 2.36 bits per heavy atom. The molecule has 0 fully saturated rings. The minimum atomic E-state index is -0.213. The molecular formula is C16H18N2O3S. The number of thiazole rings is 1. The van der Waals surface area contributed by atoms with Gasteiger partial charge < -0.3 is 14.7 Å². The molecule has 5 nitrogen and oxygen atoms in total. The number of aliphatic hydroxyl groups excluding tert-OH is 1. The highest BCUT2D eigenvalue weighted by molar-refractivity contribution is 7.16. The minimum Gasteiger partial charge on any atom is -0.493 e. The van der Waals surface area contributed by atoms with Crippen LogP contribution in [0.15, 0.2) is 24.4 Å². The lowest BCUT2D eigenvalue weighted by Crippen LogP contribution is -2.36. The Morgan fingerprint density at radius 3 is 3.14 bits per heavy atom. The van der Waals surface area contributed by atoms with E-state index in [0.29, 0.717) is 4.88 Å². The number of ether oxygens (including phenoxy) is 1. The van der Waals surface area contributed by atoms with Crippen molar-refractivity contribution in [3.05, 3.63) is 34.8 Å². The molecule has 1 amide bonds. The molecule has 1 aliphatic heterocycles. The third-order valence-electron chi connectivity index (χ3n) is 3.90. The van der Waals surface area contributed by atoms with E-state index >= 15 is 0 Å². The van der Waals surface area contributed by atoms with Gasteiger partial charge in [-0.15, -0.1) is 11.3 Å². The Hall–Kier alpha value is -1.92. The van der Waals surface area contributed by atoms with E-state index in [0.717, 1.165) is 29.3 Å². The van der Waals surface area contributed by atoms with E-state index < -0.39 is 0 Å². The normalized spacial score (nSPS) is 14.3. The molecule has 1 N–H and O–H groups in total. The fourth-order valence-corrected chi connectivity index (χ4v) is 3.22. The number of hydrogen-bond donors (Lipinski definition) is 1. The van der Waals surface area contributed by atoms with Gasteiger partial charge >= 0.3 is 0 Å². The van der Waals surface area contributed by atoms with Gasteiger partial charge in [-0.2, -0.15) is 0 Å². The average Bonchev–Trinajstić information content (AvgIpc) is 3.20. The molecule has 0 saturated heterocycles. The summed E-state index contributed by atoms with van der Waals surface area (Å²) in [4.78, 5) is 18.8. The standard InChI is InChI=1S/C16H18N2O3S/c1-10(9-19)18(2)16(20)14-8-17-15(22-14)12-3-4-13-11(7-12)5-6-21-13/h3-4,7-8,10,19H,5-6,9H2,1-2H3. The van der Waals surface area contributed by atoms with E-state index in [1.807, 2.05) is 12.1 Å². The van der Waals surface area contributed by atoms with E-state index in [2.05, 4.69) is 11.1 Å². The summed E-state index contributed by atoms with van der Waals surface area (Å²) in [6.07, 6.45) is 2.52. The molecule has 6 heteroatoms. The Kier molecular flexibility index (Phi) is 4.13. The fraction of sp³-hybridized carbons (Fsp3) is 0.375. The summed E-state index contributed by atoms with van der Waals surface area (Å²) in [5.41, 5.74) is 2.19. The van der Waals surface area contributed by atoms with Gasteiger partial charge in [-0.3, -0.25) is 4.79 Å². The second-order valence-corrected chi connectivity index (χ2v) is 6.43. The molecule has 2 aromatic rings. The van der Waals surface area contributed by atoms with Gasteiger partial charge in [0.15, 0.2) is 0 Å². The van der Waals surface area contributed by atoms with Crippen molar-refractivity contribution in [3.63, 3.8) is 0 Å². The van der Waals surface area contributed by atoms with Crippen LogP contribution < -0.4 is 4.74 Å². The van der Waals surface area contributed by atoms with Crippen molar-refractivity contribution in [1.29, 1.82) is 0 Å². The number of aromatic nitrogens is 1. The molecule has 3 rings (SSSR count). The number of carbonyl (C=O) groups is 1. The van der Waals surface area contributed by atoms with Crippen LogP contribution in [0.1, 0.15) is 22.2 Å². The van der Waals surface area contributed by atoms with Gasteiger partial charge in [0, 0.05) is 19.0 Å². The number of fused-ring (bicyclic) bond motifs is 1.